The molecule has 0 atom stereocenters. The molecule has 0 heterocycles. The highest BCUT2D eigenvalue weighted by Crippen LogP contribution is 2.01. The highest BCUT2D eigenvalue weighted by molar-refractivity contribution is 8.15. The predicted octanol–water partition coefficient (Wildman–Crippen LogP) is 1.67. The molecule has 0 aliphatic carbocycles. The molecule has 0 bridgehead atoms. The van der Waals surface area contributed by atoms with E-state index in [-0.39, 0.29) is 0 Å². The lowest BCUT2D eigenvalue weighted by Gasteiger charge is -1.80. The molecule has 0 N–H and O–H groups in total. The van der Waals surface area contributed by atoms with Gasteiger partial charge in [-0.25, -0.2) is 0 Å². The summed E-state index contributed by atoms with van der Waals surface area (Å²) < 4.78 is 0. The molecule has 0 aromatic heterocycles. The Bertz CT molecular complexity index is 12.4. The van der Waals surface area contributed by atoms with Gasteiger partial charge in [0.25, 0.3) is 0 Å². The predicted molar refractivity (Wildman–Crippen MR) is 31.9 cm³/mol. The lowest BCUT2D eigenvalue weighted by atomic mass is 11.9. The van der Waals surface area contributed by atoms with Crippen LogP contribution in [0, 0.1) is 0 Å². The van der Waals surface area contributed by atoms with E-state index < -0.39 is 0 Å². The van der Waals surface area contributed by atoms with Gasteiger partial charge >= 0.3 is 0 Å². The van der Waals surface area contributed by atoms with Gasteiger partial charge in [0.05, 0.1) is 0 Å². The van der Waals surface area contributed by atoms with E-state index in [0.717, 1.165) is 0 Å². The van der Waals surface area contributed by atoms with Crippen LogP contribution in [-0.4, -0.2) is 17.6 Å². The third-order valence-electron chi connectivity index (χ3n) is 0.236. The summed E-state index contributed by atoms with van der Waals surface area (Å²) in [5, 5.41) is 1.22. The molecule has 2 heteroatoms. The van der Waals surface area contributed by atoms with Crippen LogP contribution in [-0.2, 0) is 0 Å². The van der Waals surface area contributed by atoms with Crippen molar-refractivity contribution in [3.63, 3.8) is 0 Å². The molecule has 0 aromatic carbocycles. The molecule has 0 unspecified atom stereocenters. The van der Waals surface area contributed by atoms with Crippen LogP contribution in [0.4, 0.5) is 0 Å². The minimum Gasteiger partial charge on any atom is -0.155 e. The van der Waals surface area contributed by atoms with E-state index in [4.69, 9.17) is 0 Å². The Balaban J connectivity index is 2.19. The Hall–Kier alpha value is 0.700. The SMILES string of the molecule is CSCSC. The zero-order valence-corrected chi connectivity index (χ0v) is 5.16. The zero-order chi connectivity index (χ0) is 4.12. The molecule has 0 aliphatic heterocycles. The molecular weight excluding hydrogens is 100 g/mol. The number of hydrogen-bond donors (Lipinski definition) is 0. The lowest BCUT2D eigenvalue weighted by Crippen LogP contribution is -1.56. The summed E-state index contributed by atoms with van der Waals surface area (Å²) in [6.45, 7) is 0. The van der Waals surface area contributed by atoms with Crippen LogP contribution in [0.2, 0.25) is 0 Å². The second kappa shape index (κ2) is 4.70. The first-order chi connectivity index (χ1) is 2.41. The van der Waals surface area contributed by atoms with Crippen molar-refractivity contribution in [2.24, 2.45) is 0 Å². The second-order valence-corrected chi connectivity index (χ2v) is 2.79. The van der Waals surface area contributed by atoms with Crippen LogP contribution in [0.1, 0.15) is 0 Å². The third-order valence-corrected chi connectivity index (χ3v) is 2.12. The summed E-state index contributed by atoms with van der Waals surface area (Å²) in [5.74, 6) is 0. The standard InChI is InChI=1S/C3H8S2/c1-4-3-5-2/h3H2,1-2H3. The fourth-order valence-electron chi connectivity index (χ4n) is 0.118. The van der Waals surface area contributed by atoms with E-state index in [1.54, 1.807) is 0 Å². The summed E-state index contributed by atoms with van der Waals surface area (Å²) in [6.07, 6.45) is 4.22. The average molecular weight is 108 g/mol. The summed E-state index contributed by atoms with van der Waals surface area (Å²) in [6, 6.07) is 0. The maximum absolute atomic E-state index is 2.11. The molecule has 0 rings (SSSR count). The Kier molecular flexibility index (Phi) is 5.36. The Labute approximate surface area is 41.7 Å². The first kappa shape index (κ1) is 5.70. The molecular formula is C3H8S2. The van der Waals surface area contributed by atoms with E-state index in [1.807, 2.05) is 23.5 Å². The number of hydrogen-bond acceptors (Lipinski definition) is 2. The van der Waals surface area contributed by atoms with Gasteiger partial charge in [-0.05, 0) is 12.5 Å². The van der Waals surface area contributed by atoms with Crippen molar-refractivity contribution in [2.75, 3.05) is 17.6 Å². The fraction of sp³-hybridized carbons (Fsp3) is 1.00. The molecule has 0 nitrogen and oxygen atoms in total. The van der Waals surface area contributed by atoms with Gasteiger partial charge in [0.15, 0.2) is 0 Å². The Morgan fingerprint density at radius 3 is 1.60 bits per heavy atom. The van der Waals surface area contributed by atoms with Crippen LogP contribution < -0.4 is 0 Å². The molecule has 0 saturated carbocycles. The number of rotatable bonds is 2. The molecule has 0 saturated heterocycles. The normalized spacial score (nSPS) is 8.40. The van der Waals surface area contributed by atoms with Crippen LogP contribution in [0.25, 0.3) is 0 Å². The highest BCUT2D eigenvalue weighted by Gasteiger charge is 1.67. The molecule has 0 aromatic rings. The van der Waals surface area contributed by atoms with Crippen molar-refractivity contribution in [3.8, 4) is 0 Å². The van der Waals surface area contributed by atoms with Gasteiger partial charge in [-0.1, -0.05) is 0 Å². The largest absolute Gasteiger partial charge is 0.155 e. The van der Waals surface area contributed by atoms with Crippen molar-refractivity contribution < 1.29 is 0 Å². The van der Waals surface area contributed by atoms with Crippen LogP contribution in [0.3, 0.4) is 0 Å². The van der Waals surface area contributed by atoms with E-state index in [2.05, 4.69) is 12.5 Å². The van der Waals surface area contributed by atoms with Gasteiger partial charge in [0.1, 0.15) is 0 Å². The minimum atomic E-state index is 1.22. The van der Waals surface area contributed by atoms with Crippen molar-refractivity contribution in [3.05, 3.63) is 0 Å². The molecule has 0 fully saturated rings. The maximum atomic E-state index is 2.11. The molecule has 5 heavy (non-hydrogen) atoms. The lowest BCUT2D eigenvalue weighted by molar-refractivity contribution is 2.20. The average Bonchev–Trinajstić information content (AvgIpc) is 1.41. The first-order valence-electron chi connectivity index (χ1n) is 1.39. The molecule has 0 radical (unpaired) electrons. The highest BCUT2D eigenvalue weighted by atomic mass is 32.2. The van der Waals surface area contributed by atoms with Gasteiger partial charge in [-0.3, -0.25) is 0 Å². The summed E-state index contributed by atoms with van der Waals surface area (Å²) in [4.78, 5) is 0. The molecule has 0 spiro atoms. The smallest absolute Gasteiger partial charge is 0.0386 e. The monoisotopic (exact) mass is 108 g/mol. The van der Waals surface area contributed by atoms with Crippen LogP contribution >= 0.6 is 23.5 Å². The van der Waals surface area contributed by atoms with Gasteiger partial charge in [0.2, 0.25) is 0 Å². The minimum absolute atomic E-state index is 1.22. The quantitative estimate of drug-likeness (QED) is 0.493. The third kappa shape index (κ3) is 4.70. The second-order valence-electron chi connectivity index (χ2n) is 0.695. The van der Waals surface area contributed by atoms with Gasteiger partial charge < -0.3 is 0 Å². The van der Waals surface area contributed by atoms with Crippen LogP contribution in [0.5, 0.6) is 0 Å². The first-order valence-corrected chi connectivity index (χ1v) is 4.18. The Morgan fingerprint density at radius 1 is 1.20 bits per heavy atom. The van der Waals surface area contributed by atoms with Gasteiger partial charge in [0, 0.05) is 5.08 Å². The van der Waals surface area contributed by atoms with Crippen molar-refractivity contribution in [1.29, 1.82) is 0 Å². The fourth-order valence-corrected chi connectivity index (χ4v) is 1.06. The van der Waals surface area contributed by atoms with Gasteiger partial charge in [-0.15, -0.1) is 0 Å². The molecule has 0 amide bonds. The summed E-state index contributed by atoms with van der Waals surface area (Å²) in [7, 11) is 0. The van der Waals surface area contributed by atoms with Crippen molar-refractivity contribution in [1.82, 2.24) is 0 Å². The number of thioether (sulfide) groups is 2. The van der Waals surface area contributed by atoms with Crippen molar-refractivity contribution in [2.45, 2.75) is 0 Å². The molecule has 0 aliphatic rings. The Morgan fingerprint density at radius 2 is 1.60 bits per heavy atom. The van der Waals surface area contributed by atoms with Crippen LogP contribution in [0.15, 0.2) is 0 Å². The van der Waals surface area contributed by atoms with Crippen molar-refractivity contribution >= 4 is 23.5 Å². The maximum Gasteiger partial charge on any atom is 0.0386 e. The molecule has 32 valence electrons. The van der Waals surface area contributed by atoms with E-state index >= 15 is 0 Å². The van der Waals surface area contributed by atoms with Gasteiger partial charge in [-0.2, -0.15) is 23.5 Å². The summed E-state index contributed by atoms with van der Waals surface area (Å²) >= 11 is 3.73. The van der Waals surface area contributed by atoms with E-state index in [1.165, 1.54) is 5.08 Å². The topological polar surface area (TPSA) is 0 Å². The van der Waals surface area contributed by atoms with E-state index in [9.17, 15) is 0 Å². The zero-order valence-electron chi connectivity index (χ0n) is 3.52. The van der Waals surface area contributed by atoms with E-state index in [0.29, 0.717) is 0 Å². The summed E-state index contributed by atoms with van der Waals surface area (Å²) in [5.41, 5.74) is 0.